The predicted molar refractivity (Wildman–Crippen MR) is 43.7 cm³/mol. The second-order valence-corrected chi connectivity index (χ2v) is 2.43. The summed E-state index contributed by atoms with van der Waals surface area (Å²) in [4.78, 5) is 14.6. The highest BCUT2D eigenvalue weighted by Gasteiger charge is 2.18. The van der Waals surface area contributed by atoms with Gasteiger partial charge in [0.1, 0.15) is 0 Å². The lowest BCUT2D eigenvalue weighted by atomic mass is 10.2. The average Bonchev–Trinajstić information content (AvgIpc) is 2.12. The van der Waals surface area contributed by atoms with Gasteiger partial charge in [0.15, 0.2) is 0 Å². The molecular weight excluding hydrogens is 160 g/mol. The fourth-order valence-corrected chi connectivity index (χ4v) is 0.811. The molecular formula is C7H16N2O3. The zero-order valence-electron chi connectivity index (χ0n) is 7.45. The third kappa shape index (κ3) is 3.66. The van der Waals surface area contributed by atoms with E-state index in [4.69, 9.17) is 10.5 Å². The summed E-state index contributed by atoms with van der Waals surface area (Å²) in [5.74, 6) is 3.87. The van der Waals surface area contributed by atoms with E-state index in [-0.39, 0.29) is 6.10 Å². The maximum atomic E-state index is 10.7. The van der Waals surface area contributed by atoms with E-state index in [1.807, 2.05) is 13.8 Å². The minimum atomic E-state index is -1.07. The van der Waals surface area contributed by atoms with E-state index < -0.39 is 12.2 Å². The molecule has 4 N–H and O–H groups in total. The summed E-state index contributed by atoms with van der Waals surface area (Å²) in [7, 11) is 0. The molecule has 0 saturated carbocycles. The zero-order chi connectivity index (χ0) is 9.56. The Hall–Kier alpha value is -0.650. The molecule has 0 fully saturated rings. The Kier molecular flexibility index (Phi) is 5.61. The SMILES string of the molecule is CCC(CC)OC(N)C(=O)ON. The Labute approximate surface area is 72.0 Å². The number of hydrogen-bond donors (Lipinski definition) is 2. The molecule has 0 aliphatic rings. The Bertz CT molecular complexity index is 137. The van der Waals surface area contributed by atoms with Crippen molar-refractivity contribution in [2.45, 2.75) is 39.0 Å². The van der Waals surface area contributed by atoms with Crippen molar-refractivity contribution in [3.63, 3.8) is 0 Å². The van der Waals surface area contributed by atoms with Crippen molar-refractivity contribution in [3.05, 3.63) is 0 Å². The van der Waals surface area contributed by atoms with Crippen molar-refractivity contribution in [2.24, 2.45) is 11.6 Å². The molecule has 0 aromatic heterocycles. The number of carbonyl (C=O) groups excluding carboxylic acids is 1. The molecule has 12 heavy (non-hydrogen) atoms. The van der Waals surface area contributed by atoms with Gasteiger partial charge in [-0.05, 0) is 12.8 Å². The molecule has 0 heterocycles. The van der Waals surface area contributed by atoms with Gasteiger partial charge in [0, 0.05) is 0 Å². The standard InChI is InChI=1S/C7H16N2O3/c1-3-5(4-2)11-6(8)7(10)12-9/h5-6H,3-4,8-9H2,1-2H3. The summed E-state index contributed by atoms with van der Waals surface area (Å²) in [5.41, 5.74) is 5.30. The fourth-order valence-electron chi connectivity index (χ4n) is 0.811. The molecule has 0 amide bonds. The molecule has 0 aliphatic heterocycles. The minimum Gasteiger partial charge on any atom is -0.370 e. The van der Waals surface area contributed by atoms with Crippen molar-refractivity contribution >= 4 is 5.97 Å². The van der Waals surface area contributed by atoms with E-state index in [2.05, 4.69) is 10.7 Å². The van der Waals surface area contributed by atoms with Crippen LogP contribution in [0.4, 0.5) is 0 Å². The number of hydrogen-bond acceptors (Lipinski definition) is 5. The monoisotopic (exact) mass is 176 g/mol. The zero-order valence-corrected chi connectivity index (χ0v) is 7.45. The van der Waals surface area contributed by atoms with Gasteiger partial charge in [-0.25, -0.2) is 4.79 Å². The van der Waals surface area contributed by atoms with E-state index in [0.29, 0.717) is 0 Å². The minimum absolute atomic E-state index is 0.0147. The van der Waals surface area contributed by atoms with Crippen molar-refractivity contribution in [1.82, 2.24) is 0 Å². The molecule has 0 aliphatic carbocycles. The third-order valence-electron chi connectivity index (χ3n) is 1.60. The third-order valence-corrected chi connectivity index (χ3v) is 1.60. The summed E-state index contributed by atoms with van der Waals surface area (Å²) in [6.45, 7) is 3.91. The second-order valence-electron chi connectivity index (χ2n) is 2.43. The number of nitrogens with two attached hydrogens (primary N) is 2. The first-order valence-electron chi connectivity index (χ1n) is 3.97. The smallest absolute Gasteiger partial charge is 0.368 e. The molecule has 5 heteroatoms. The van der Waals surface area contributed by atoms with Gasteiger partial charge in [-0.15, -0.1) is 0 Å². The van der Waals surface area contributed by atoms with Crippen LogP contribution in [0, 0.1) is 0 Å². The van der Waals surface area contributed by atoms with Gasteiger partial charge < -0.3 is 9.57 Å². The van der Waals surface area contributed by atoms with Gasteiger partial charge in [-0.1, -0.05) is 13.8 Å². The van der Waals surface area contributed by atoms with E-state index in [0.717, 1.165) is 12.8 Å². The second kappa shape index (κ2) is 5.93. The Balaban J connectivity index is 3.80. The van der Waals surface area contributed by atoms with Crippen LogP contribution in [-0.2, 0) is 14.4 Å². The normalized spacial score (nSPS) is 13.1. The van der Waals surface area contributed by atoms with Gasteiger partial charge in [0.05, 0.1) is 6.10 Å². The van der Waals surface area contributed by atoms with E-state index in [1.54, 1.807) is 0 Å². The summed E-state index contributed by atoms with van der Waals surface area (Å²) >= 11 is 0. The van der Waals surface area contributed by atoms with Gasteiger partial charge in [0.2, 0.25) is 6.23 Å². The summed E-state index contributed by atoms with van der Waals surface area (Å²) < 4.78 is 5.12. The van der Waals surface area contributed by atoms with Crippen LogP contribution in [0.5, 0.6) is 0 Å². The Morgan fingerprint density at radius 2 is 1.92 bits per heavy atom. The molecule has 0 aromatic carbocycles. The molecule has 72 valence electrons. The lowest BCUT2D eigenvalue weighted by Gasteiger charge is -2.17. The van der Waals surface area contributed by atoms with E-state index in [9.17, 15) is 4.79 Å². The van der Waals surface area contributed by atoms with E-state index >= 15 is 0 Å². The van der Waals surface area contributed by atoms with Crippen LogP contribution in [0.3, 0.4) is 0 Å². The van der Waals surface area contributed by atoms with Gasteiger partial charge in [-0.3, -0.25) is 5.73 Å². The van der Waals surface area contributed by atoms with Crippen LogP contribution in [0.1, 0.15) is 26.7 Å². The summed E-state index contributed by atoms with van der Waals surface area (Å²) in [6.07, 6.45) is 0.531. The van der Waals surface area contributed by atoms with Crippen LogP contribution >= 0.6 is 0 Å². The van der Waals surface area contributed by atoms with Crippen LogP contribution in [0.2, 0.25) is 0 Å². The average molecular weight is 176 g/mol. The van der Waals surface area contributed by atoms with Gasteiger partial charge in [-0.2, -0.15) is 5.90 Å². The first-order valence-corrected chi connectivity index (χ1v) is 3.97. The lowest BCUT2D eigenvalue weighted by molar-refractivity contribution is -0.161. The highest BCUT2D eigenvalue weighted by Crippen LogP contribution is 2.04. The first-order chi connectivity index (χ1) is 5.65. The molecule has 5 nitrogen and oxygen atoms in total. The molecule has 0 aromatic rings. The molecule has 1 unspecified atom stereocenters. The molecule has 0 bridgehead atoms. The number of carbonyl (C=O) groups is 1. The van der Waals surface area contributed by atoms with Crippen molar-refractivity contribution in [1.29, 1.82) is 0 Å². The maximum Gasteiger partial charge on any atom is 0.368 e. The predicted octanol–water partition coefficient (Wildman–Crippen LogP) is -0.107. The largest absolute Gasteiger partial charge is 0.370 e. The highest BCUT2D eigenvalue weighted by atomic mass is 16.7. The van der Waals surface area contributed by atoms with Crippen molar-refractivity contribution in [2.75, 3.05) is 0 Å². The molecule has 0 saturated heterocycles. The molecule has 0 radical (unpaired) electrons. The fraction of sp³-hybridized carbons (Fsp3) is 0.857. The van der Waals surface area contributed by atoms with Gasteiger partial charge in [0.25, 0.3) is 0 Å². The topological polar surface area (TPSA) is 87.6 Å². The van der Waals surface area contributed by atoms with Crippen molar-refractivity contribution < 1.29 is 14.4 Å². The molecule has 1 atom stereocenters. The van der Waals surface area contributed by atoms with Crippen LogP contribution < -0.4 is 11.6 Å². The van der Waals surface area contributed by atoms with E-state index in [1.165, 1.54) is 0 Å². The molecule has 0 rings (SSSR count). The quantitative estimate of drug-likeness (QED) is 0.451. The summed E-state index contributed by atoms with van der Waals surface area (Å²) in [5, 5.41) is 0. The van der Waals surface area contributed by atoms with Crippen molar-refractivity contribution in [3.8, 4) is 0 Å². The Morgan fingerprint density at radius 3 is 2.25 bits per heavy atom. The highest BCUT2D eigenvalue weighted by molar-refractivity contribution is 5.73. The van der Waals surface area contributed by atoms with Gasteiger partial charge >= 0.3 is 5.97 Å². The molecule has 0 spiro atoms. The van der Waals surface area contributed by atoms with Crippen LogP contribution in [0.15, 0.2) is 0 Å². The lowest BCUT2D eigenvalue weighted by Crippen LogP contribution is -2.39. The number of ether oxygens (including phenoxy) is 1. The first kappa shape index (κ1) is 11.4. The maximum absolute atomic E-state index is 10.7. The van der Waals surface area contributed by atoms with Crippen LogP contribution in [0.25, 0.3) is 0 Å². The Morgan fingerprint density at radius 1 is 1.42 bits per heavy atom. The summed E-state index contributed by atoms with van der Waals surface area (Å²) in [6, 6.07) is 0. The number of rotatable bonds is 5. The van der Waals surface area contributed by atoms with Crippen LogP contribution in [-0.4, -0.2) is 18.3 Å².